The third-order valence-electron chi connectivity index (χ3n) is 14.3. The van der Waals surface area contributed by atoms with Crippen LogP contribution in [-0.4, -0.2) is 89.2 Å². The Hall–Kier alpha value is -2.54. The Bertz CT molecular complexity index is 1320. The first kappa shape index (κ1) is 68.5. The summed E-state index contributed by atoms with van der Waals surface area (Å²) in [6.45, 7) is 6.00. The predicted octanol–water partition coefficient (Wildman–Crippen LogP) is 15.7. The number of rotatable bonds is 53. The van der Waals surface area contributed by atoms with Gasteiger partial charge in [-0.15, -0.1) is 0 Å². The van der Waals surface area contributed by atoms with Crippen LogP contribution in [0.2, 0.25) is 0 Å². The molecular weight excluding hydrogens is 925 g/mol. The molecule has 0 saturated carbocycles. The van der Waals surface area contributed by atoms with Gasteiger partial charge in [-0.3, -0.25) is 14.4 Å². The summed E-state index contributed by atoms with van der Waals surface area (Å²) in [5.74, 6) is -3.09. The van der Waals surface area contributed by atoms with Crippen LogP contribution in [0.5, 0.6) is 0 Å². The van der Waals surface area contributed by atoms with Crippen molar-refractivity contribution >= 4 is 23.9 Å². The fourth-order valence-corrected chi connectivity index (χ4v) is 9.60. The third kappa shape index (κ3) is 40.4. The zero-order valence-electron chi connectivity index (χ0n) is 47.2. The van der Waals surface area contributed by atoms with Gasteiger partial charge in [0.2, 0.25) is 0 Å². The predicted molar refractivity (Wildman–Crippen MR) is 294 cm³/mol. The van der Waals surface area contributed by atoms with E-state index >= 15 is 0 Å². The maximum absolute atomic E-state index is 13.1. The molecule has 428 valence electrons. The van der Waals surface area contributed by atoms with Gasteiger partial charge in [0.25, 0.3) is 0 Å². The number of allylic oxidation sites excluding steroid dienone is 2. The average molecular weight is 1040 g/mol. The first-order valence-electron chi connectivity index (χ1n) is 30.7. The largest absolute Gasteiger partial charge is 0.479 e. The second-order valence-electron chi connectivity index (χ2n) is 21.4. The van der Waals surface area contributed by atoms with Gasteiger partial charge in [-0.1, -0.05) is 251 Å². The normalized spacial score (nSPS) is 18.3. The van der Waals surface area contributed by atoms with Gasteiger partial charge in [-0.25, -0.2) is 4.79 Å². The number of carbonyl (C=O) groups is 4. The third-order valence-corrected chi connectivity index (χ3v) is 14.3. The van der Waals surface area contributed by atoms with Gasteiger partial charge < -0.3 is 39.0 Å². The lowest BCUT2D eigenvalue weighted by Gasteiger charge is -2.40. The van der Waals surface area contributed by atoms with Crippen molar-refractivity contribution in [2.75, 3.05) is 13.2 Å². The SMILES string of the molecule is CCCCCCCC/C=C\CCCCCCCC(=O)OC1C(OCC(COC(=O)CCCCCCCCCCCCCCCCCCCCC)OC(=O)CCCCCCCCCCC)OC(C(=O)O)C(O)C1O. The fourth-order valence-electron chi connectivity index (χ4n) is 9.60. The molecule has 12 nitrogen and oxygen atoms in total. The maximum Gasteiger partial charge on any atom is 0.335 e. The number of aliphatic hydroxyl groups excluding tert-OH is 2. The molecule has 1 rings (SSSR count). The lowest BCUT2D eigenvalue weighted by Crippen LogP contribution is -2.61. The van der Waals surface area contributed by atoms with E-state index in [1.165, 1.54) is 167 Å². The molecule has 1 aliphatic rings. The van der Waals surface area contributed by atoms with E-state index in [2.05, 4.69) is 32.9 Å². The summed E-state index contributed by atoms with van der Waals surface area (Å²) in [5.41, 5.74) is 0. The Balaban J connectivity index is 2.60. The van der Waals surface area contributed by atoms with E-state index < -0.39 is 67.3 Å². The summed E-state index contributed by atoms with van der Waals surface area (Å²) in [5, 5.41) is 31.4. The molecule has 0 radical (unpaired) electrons. The molecule has 12 heteroatoms. The van der Waals surface area contributed by atoms with Crippen molar-refractivity contribution in [3.05, 3.63) is 12.2 Å². The number of carboxylic acid groups (broad SMARTS) is 1. The number of ether oxygens (including phenoxy) is 5. The van der Waals surface area contributed by atoms with Gasteiger partial charge in [0.15, 0.2) is 24.6 Å². The van der Waals surface area contributed by atoms with E-state index in [1.807, 2.05) is 0 Å². The van der Waals surface area contributed by atoms with Crippen molar-refractivity contribution in [3.63, 3.8) is 0 Å². The monoisotopic (exact) mass is 1040 g/mol. The van der Waals surface area contributed by atoms with Crippen LogP contribution >= 0.6 is 0 Å². The smallest absolute Gasteiger partial charge is 0.335 e. The molecule has 3 N–H and O–H groups in total. The van der Waals surface area contributed by atoms with Crippen molar-refractivity contribution in [2.24, 2.45) is 0 Å². The Morgan fingerprint density at radius 1 is 0.438 bits per heavy atom. The molecule has 1 heterocycles. The van der Waals surface area contributed by atoms with Crippen molar-refractivity contribution < 1.29 is 58.2 Å². The molecule has 0 spiro atoms. The Morgan fingerprint density at radius 3 is 1.16 bits per heavy atom. The number of hydrogen-bond acceptors (Lipinski definition) is 11. The van der Waals surface area contributed by atoms with Gasteiger partial charge in [0.05, 0.1) is 6.61 Å². The minimum atomic E-state index is -1.90. The summed E-state index contributed by atoms with van der Waals surface area (Å²) in [4.78, 5) is 51.0. The topological polar surface area (TPSA) is 175 Å². The molecule has 0 aliphatic carbocycles. The number of carbonyl (C=O) groups excluding carboxylic acids is 3. The minimum absolute atomic E-state index is 0.0567. The Labute approximate surface area is 446 Å². The first-order chi connectivity index (χ1) is 35.6. The molecule has 0 bridgehead atoms. The lowest BCUT2D eigenvalue weighted by molar-refractivity contribution is -0.301. The van der Waals surface area contributed by atoms with Crippen molar-refractivity contribution in [1.29, 1.82) is 0 Å². The van der Waals surface area contributed by atoms with E-state index in [1.54, 1.807) is 0 Å². The summed E-state index contributed by atoms with van der Waals surface area (Å²) < 4.78 is 28.4. The van der Waals surface area contributed by atoms with Crippen LogP contribution in [0.1, 0.15) is 303 Å². The van der Waals surface area contributed by atoms with Crippen LogP contribution in [0.25, 0.3) is 0 Å². The molecule has 0 aromatic rings. The quantitative estimate of drug-likeness (QED) is 0.0228. The molecule has 6 atom stereocenters. The van der Waals surface area contributed by atoms with E-state index in [4.69, 9.17) is 23.7 Å². The summed E-state index contributed by atoms with van der Waals surface area (Å²) in [6, 6.07) is 0. The highest BCUT2D eigenvalue weighted by Crippen LogP contribution is 2.27. The zero-order chi connectivity index (χ0) is 53.3. The standard InChI is InChI=1S/C61H112O12/c1-4-7-10-13-16-19-21-23-25-26-27-28-30-31-33-36-38-41-44-47-53(62)69-50-52(71-54(63)48-45-42-39-35-18-15-12-9-6-3)51-70-61-59(57(66)56(65)58(73-61)60(67)68)72-55(64)49-46-43-40-37-34-32-29-24-22-20-17-14-11-8-5-2/h24,29,52,56-59,61,65-66H,4-23,25-28,30-51H2,1-3H3,(H,67,68)/b29-24-. The average Bonchev–Trinajstić information content (AvgIpc) is 3.37. The van der Waals surface area contributed by atoms with Crippen LogP contribution < -0.4 is 0 Å². The Morgan fingerprint density at radius 2 is 0.781 bits per heavy atom. The zero-order valence-corrected chi connectivity index (χ0v) is 47.2. The maximum atomic E-state index is 13.1. The van der Waals surface area contributed by atoms with E-state index in [0.29, 0.717) is 19.3 Å². The second-order valence-corrected chi connectivity index (χ2v) is 21.4. The van der Waals surface area contributed by atoms with Gasteiger partial charge in [0, 0.05) is 19.3 Å². The summed E-state index contributed by atoms with van der Waals surface area (Å²) >= 11 is 0. The van der Waals surface area contributed by atoms with Crippen molar-refractivity contribution in [1.82, 2.24) is 0 Å². The fraction of sp³-hybridized carbons (Fsp3) is 0.902. The number of aliphatic hydroxyl groups is 2. The number of esters is 3. The molecular formula is C61H112O12. The number of aliphatic carboxylic acids is 1. The van der Waals surface area contributed by atoms with Gasteiger partial charge >= 0.3 is 23.9 Å². The van der Waals surface area contributed by atoms with Crippen LogP contribution in [0, 0.1) is 0 Å². The Kier molecular flexibility index (Phi) is 47.2. The summed E-state index contributed by atoms with van der Waals surface area (Å²) in [7, 11) is 0. The molecule has 1 saturated heterocycles. The van der Waals surface area contributed by atoms with Crippen LogP contribution in [0.15, 0.2) is 12.2 Å². The lowest BCUT2D eigenvalue weighted by atomic mass is 9.98. The molecule has 0 amide bonds. The number of hydrogen-bond donors (Lipinski definition) is 3. The molecule has 6 unspecified atom stereocenters. The molecule has 0 aromatic carbocycles. The molecule has 1 aliphatic heterocycles. The highest BCUT2D eigenvalue weighted by molar-refractivity contribution is 5.74. The molecule has 0 aromatic heterocycles. The first-order valence-corrected chi connectivity index (χ1v) is 30.7. The van der Waals surface area contributed by atoms with Gasteiger partial charge in [0.1, 0.15) is 18.8 Å². The van der Waals surface area contributed by atoms with Crippen LogP contribution in [-0.2, 0) is 42.9 Å². The van der Waals surface area contributed by atoms with Crippen LogP contribution in [0.3, 0.4) is 0 Å². The minimum Gasteiger partial charge on any atom is -0.479 e. The van der Waals surface area contributed by atoms with Crippen LogP contribution in [0.4, 0.5) is 0 Å². The van der Waals surface area contributed by atoms with Crippen molar-refractivity contribution in [2.45, 2.75) is 340 Å². The highest BCUT2D eigenvalue weighted by Gasteiger charge is 2.50. The van der Waals surface area contributed by atoms with Gasteiger partial charge in [-0.2, -0.15) is 0 Å². The number of unbranched alkanes of at least 4 members (excludes halogenated alkanes) is 37. The van der Waals surface area contributed by atoms with E-state index in [-0.39, 0.29) is 25.9 Å². The van der Waals surface area contributed by atoms with E-state index in [9.17, 15) is 34.5 Å². The van der Waals surface area contributed by atoms with Gasteiger partial charge in [-0.05, 0) is 44.9 Å². The summed E-state index contributed by atoms with van der Waals surface area (Å²) in [6.07, 6.45) is 43.4. The molecule has 1 fully saturated rings. The van der Waals surface area contributed by atoms with Crippen molar-refractivity contribution in [3.8, 4) is 0 Å². The molecule has 73 heavy (non-hydrogen) atoms. The number of carboxylic acids is 1. The highest BCUT2D eigenvalue weighted by atomic mass is 16.7. The van der Waals surface area contributed by atoms with E-state index in [0.717, 1.165) is 77.0 Å². The second kappa shape index (κ2) is 50.3.